The molecule has 0 bridgehead atoms. The van der Waals surface area contributed by atoms with Crippen LogP contribution in [0.1, 0.15) is 52.4 Å². The molecule has 0 heteroatoms. The van der Waals surface area contributed by atoms with Crippen LogP contribution in [0.4, 0.5) is 0 Å². The third kappa shape index (κ3) is 11.2. The Labute approximate surface area is 89.4 Å². The third-order valence-corrected chi connectivity index (χ3v) is 2.14. The van der Waals surface area contributed by atoms with E-state index in [-0.39, 0.29) is 0 Å². The van der Waals surface area contributed by atoms with E-state index in [1.807, 2.05) is 19.1 Å². The van der Waals surface area contributed by atoms with Crippen LogP contribution >= 0.6 is 0 Å². The first kappa shape index (κ1) is 13.2. The Morgan fingerprint density at radius 3 is 2.21 bits per heavy atom. The topological polar surface area (TPSA) is 0 Å². The Balaban J connectivity index is 3.18. The van der Waals surface area contributed by atoms with Crippen molar-refractivity contribution in [2.24, 2.45) is 0 Å². The lowest BCUT2D eigenvalue weighted by Crippen LogP contribution is -1.75. The van der Waals surface area contributed by atoms with E-state index in [1.165, 1.54) is 38.5 Å². The first-order valence-corrected chi connectivity index (χ1v) is 5.86. The van der Waals surface area contributed by atoms with Crippen LogP contribution in [0, 0.1) is 0 Å². The van der Waals surface area contributed by atoms with Crippen molar-refractivity contribution in [1.82, 2.24) is 0 Å². The molecule has 0 aromatic rings. The fraction of sp³-hybridized carbons (Fsp3) is 0.571. The van der Waals surface area contributed by atoms with Crippen molar-refractivity contribution in [3.05, 3.63) is 36.5 Å². The number of hydrogen-bond acceptors (Lipinski definition) is 0. The minimum atomic E-state index is 1.23. The largest absolute Gasteiger partial charge is 0.0877 e. The summed E-state index contributed by atoms with van der Waals surface area (Å²) in [5.41, 5.74) is 0. The van der Waals surface area contributed by atoms with Crippen LogP contribution in [0.5, 0.6) is 0 Å². The van der Waals surface area contributed by atoms with Crippen LogP contribution in [0.3, 0.4) is 0 Å². The van der Waals surface area contributed by atoms with Crippen molar-refractivity contribution < 1.29 is 0 Å². The van der Waals surface area contributed by atoms with E-state index in [1.54, 1.807) is 0 Å². The van der Waals surface area contributed by atoms with Gasteiger partial charge in [0.05, 0.1) is 0 Å². The van der Waals surface area contributed by atoms with Gasteiger partial charge in [0.15, 0.2) is 0 Å². The molecule has 0 aliphatic rings. The van der Waals surface area contributed by atoms with Crippen molar-refractivity contribution in [2.75, 3.05) is 0 Å². The van der Waals surface area contributed by atoms with E-state index in [2.05, 4.69) is 31.2 Å². The van der Waals surface area contributed by atoms with Crippen LogP contribution in [-0.4, -0.2) is 0 Å². The Morgan fingerprint density at radius 1 is 0.786 bits per heavy atom. The predicted molar refractivity (Wildman–Crippen MR) is 66.5 cm³/mol. The van der Waals surface area contributed by atoms with Gasteiger partial charge >= 0.3 is 0 Å². The lowest BCUT2D eigenvalue weighted by atomic mass is 10.1. The van der Waals surface area contributed by atoms with E-state index >= 15 is 0 Å². The average molecular weight is 192 g/mol. The number of allylic oxidation sites excluding steroid dienone is 6. The summed E-state index contributed by atoms with van der Waals surface area (Å²) in [6.45, 7) is 4.29. The molecule has 0 rings (SSSR count). The second-order valence-electron chi connectivity index (χ2n) is 3.54. The molecule has 0 unspecified atom stereocenters. The molecular formula is C14H24. The lowest BCUT2D eigenvalue weighted by molar-refractivity contribution is 0.637. The summed E-state index contributed by atoms with van der Waals surface area (Å²) in [6.07, 6.45) is 20.7. The zero-order valence-corrected chi connectivity index (χ0v) is 9.71. The van der Waals surface area contributed by atoms with E-state index in [0.29, 0.717) is 0 Å². The van der Waals surface area contributed by atoms with Crippen molar-refractivity contribution >= 4 is 0 Å². The first-order valence-electron chi connectivity index (χ1n) is 5.86. The van der Waals surface area contributed by atoms with Gasteiger partial charge in [-0.3, -0.25) is 0 Å². The predicted octanol–water partition coefficient (Wildman–Crippen LogP) is 5.04. The number of hydrogen-bond donors (Lipinski definition) is 0. The van der Waals surface area contributed by atoms with Gasteiger partial charge in [-0.25, -0.2) is 0 Å². The fourth-order valence-electron chi connectivity index (χ4n) is 1.28. The second kappa shape index (κ2) is 12.2. The van der Waals surface area contributed by atoms with Gasteiger partial charge in [0.2, 0.25) is 0 Å². The molecule has 0 atom stereocenters. The van der Waals surface area contributed by atoms with Gasteiger partial charge in [-0.05, 0) is 19.8 Å². The van der Waals surface area contributed by atoms with Crippen molar-refractivity contribution in [3.63, 3.8) is 0 Å². The molecule has 0 aromatic heterocycles. The lowest BCUT2D eigenvalue weighted by Gasteiger charge is -1.95. The smallest absolute Gasteiger partial charge is 0.0348 e. The summed E-state index contributed by atoms with van der Waals surface area (Å²) in [5.74, 6) is 0. The maximum absolute atomic E-state index is 2.26. The molecular weight excluding hydrogens is 168 g/mol. The Kier molecular flexibility index (Phi) is 11.5. The van der Waals surface area contributed by atoms with Gasteiger partial charge in [0.25, 0.3) is 0 Å². The van der Waals surface area contributed by atoms with Gasteiger partial charge < -0.3 is 0 Å². The van der Waals surface area contributed by atoms with Gasteiger partial charge in [0, 0.05) is 0 Å². The van der Waals surface area contributed by atoms with Gasteiger partial charge in [0.1, 0.15) is 0 Å². The summed E-state index contributed by atoms with van der Waals surface area (Å²) < 4.78 is 0. The summed E-state index contributed by atoms with van der Waals surface area (Å²) in [7, 11) is 0. The Bertz CT molecular complexity index is 172. The second-order valence-corrected chi connectivity index (χ2v) is 3.54. The van der Waals surface area contributed by atoms with E-state index in [9.17, 15) is 0 Å². The highest BCUT2D eigenvalue weighted by molar-refractivity contribution is 5.10. The number of unbranched alkanes of at least 4 members (excludes halogenated alkanes) is 5. The van der Waals surface area contributed by atoms with E-state index in [0.717, 1.165) is 0 Å². The first-order chi connectivity index (χ1) is 6.91. The van der Waals surface area contributed by atoms with Crippen LogP contribution in [0.25, 0.3) is 0 Å². The normalized spacial score (nSPS) is 12.4. The SMILES string of the molecule is CC=CC=CC=CCCCCCCC. The molecule has 0 spiro atoms. The van der Waals surface area contributed by atoms with Crippen molar-refractivity contribution in [3.8, 4) is 0 Å². The zero-order valence-electron chi connectivity index (χ0n) is 9.71. The molecule has 14 heavy (non-hydrogen) atoms. The molecule has 0 aliphatic heterocycles. The molecule has 0 fully saturated rings. The van der Waals surface area contributed by atoms with Crippen LogP contribution in [-0.2, 0) is 0 Å². The highest BCUT2D eigenvalue weighted by atomic mass is 13.9. The molecule has 80 valence electrons. The van der Waals surface area contributed by atoms with Crippen molar-refractivity contribution in [2.45, 2.75) is 52.4 Å². The van der Waals surface area contributed by atoms with Crippen molar-refractivity contribution in [1.29, 1.82) is 0 Å². The van der Waals surface area contributed by atoms with Gasteiger partial charge in [-0.2, -0.15) is 0 Å². The molecule has 0 amide bonds. The maximum Gasteiger partial charge on any atom is -0.0348 e. The average Bonchev–Trinajstić information content (AvgIpc) is 2.21. The van der Waals surface area contributed by atoms with Gasteiger partial charge in [-0.15, -0.1) is 0 Å². The highest BCUT2D eigenvalue weighted by Gasteiger charge is 1.85. The molecule has 0 aliphatic carbocycles. The fourth-order valence-corrected chi connectivity index (χ4v) is 1.28. The summed E-state index contributed by atoms with van der Waals surface area (Å²) in [5, 5.41) is 0. The van der Waals surface area contributed by atoms with Crippen LogP contribution < -0.4 is 0 Å². The highest BCUT2D eigenvalue weighted by Crippen LogP contribution is 2.05. The molecule has 0 saturated carbocycles. The zero-order chi connectivity index (χ0) is 10.5. The quantitative estimate of drug-likeness (QED) is 0.373. The van der Waals surface area contributed by atoms with E-state index in [4.69, 9.17) is 0 Å². The molecule has 0 aromatic carbocycles. The van der Waals surface area contributed by atoms with E-state index < -0.39 is 0 Å². The minimum Gasteiger partial charge on any atom is -0.0877 e. The molecule has 0 radical (unpaired) electrons. The molecule has 0 N–H and O–H groups in total. The monoisotopic (exact) mass is 192 g/mol. The Morgan fingerprint density at radius 2 is 1.50 bits per heavy atom. The molecule has 0 nitrogen and oxygen atoms in total. The minimum absolute atomic E-state index is 1.23. The van der Waals surface area contributed by atoms with Crippen LogP contribution in [0.15, 0.2) is 36.5 Å². The number of rotatable bonds is 8. The summed E-state index contributed by atoms with van der Waals surface area (Å²) in [6, 6.07) is 0. The third-order valence-electron chi connectivity index (χ3n) is 2.14. The Hall–Kier alpha value is -0.780. The standard InChI is InChI=1S/C14H24/c1-3-5-7-9-11-13-14-12-10-8-6-4-2/h3,5,7,9,11,13H,4,6,8,10,12,14H2,1-2H3. The maximum atomic E-state index is 2.26. The summed E-state index contributed by atoms with van der Waals surface area (Å²) >= 11 is 0. The molecule has 0 heterocycles. The molecule has 0 saturated heterocycles. The van der Waals surface area contributed by atoms with Crippen LogP contribution in [0.2, 0.25) is 0 Å². The van der Waals surface area contributed by atoms with Gasteiger partial charge in [-0.1, -0.05) is 69.1 Å². The summed E-state index contributed by atoms with van der Waals surface area (Å²) in [4.78, 5) is 0.